The van der Waals surface area contributed by atoms with Gasteiger partial charge in [-0.25, -0.2) is 8.42 Å². The van der Waals surface area contributed by atoms with Crippen LogP contribution in [0.5, 0.6) is 0 Å². The largest absolute Gasteiger partial charge is 0.330 e. The molecule has 0 radical (unpaired) electrons. The molecular formula is C11H15Cl2NO2S. The van der Waals surface area contributed by atoms with E-state index < -0.39 is 9.84 Å². The number of halogens is 2. The molecule has 0 unspecified atom stereocenters. The van der Waals surface area contributed by atoms with Gasteiger partial charge < -0.3 is 5.73 Å². The maximum Gasteiger partial charge on any atom is 0.183 e. The van der Waals surface area contributed by atoms with E-state index in [2.05, 4.69) is 6.58 Å². The Kier molecular flexibility index (Phi) is 6.78. The Morgan fingerprint density at radius 1 is 1.29 bits per heavy atom. The standard InChI is InChI=1S/C11H14ClNO2S.ClH/c1-9(12)8-16(14,15)11-4-2-10(3-5-11)6-7-13;/h2-5H,1,6-8,13H2;1H. The van der Waals surface area contributed by atoms with Crippen molar-refractivity contribution in [1.82, 2.24) is 0 Å². The highest BCUT2D eigenvalue weighted by atomic mass is 35.5. The number of hydrogen-bond acceptors (Lipinski definition) is 3. The molecule has 0 saturated heterocycles. The van der Waals surface area contributed by atoms with Gasteiger partial charge in [-0.3, -0.25) is 0 Å². The van der Waals surface area contributed by atoms with Crippen molar-refractivity contribution in [2.75, 3.05) is 12.3 Å². The molecule has 17 heavy (non-hydrogen) atoms. The zero-order chi connectivity index (χ0) is 12.2. The van der Waals surface area contributed by atoms with Gasteiger partial charge in [-0.15, -0.1) is 12.4 Å². The Morgan fingerprint density at radius 2 is 1.82 bits per heavy atom. The van der Waals surface area contributed by atoms with Crippen molar-refractivity contribution in [1.29, 1.82) is 0 Å². The van der Waals surface area contributed by atoms with Crippen molar-refractivity contribution >= 4 is 33.8 Å². The highest BCUT2D eigenvalue weighted by Gasteiger charge is 2.14. The van der Waals surface area contributed by atoms with Crippen molar-refractivity contribution in [3.8, 4) is 0 Å². The van der Waals surface area contributed by atoms with Crippen molar-refractivity contribution in [2.45, 2.75) is 11.3 Å². The van der Waals surface area contributed by atoms with Crippen LogP contribution in [0.3, 0.4) is 0 Å². The molecule has 96 valence electrons. The Hall–Kier alpha value is -0.550. The van der Waals surface area contributed by atoms with Crippen LogP contribution in [-0.4, -0.2) is 20.7 Å². The lowest BCUT2D eigenvalue weighted by atomic mass is 10.2. The van der Waals surface area contributed by atoms with Gasteiger partial charge in [0.2, 0.25) is 0 Å². The van der Waals surface area contributed by atoms with Gasteiger partial charge in [0.15, 0.2) is 9.84 Å². The van der Waals surface area contributed by atoms with Gasteiger partial charge in [0.25, 0.3) is 0 Å². The van der Waals surface area contributed by atoms with Gasteiger partial charge in [-0.1, -0.05) is 30.3 Å². The van der Waals surface area contributed by atoms with Crippen LogP contribution in [0.2, 0.25) is 0 Å². The minimum absolute atomic E-state index is 0. The molecule has 0 aliphatic carbocycles. The van der Waals surface area contributed by atoms with E-state index in [0.717, 1.165) is 12.0 Å². The van der Waals surface area contributed by atoms with Crippen LogP contribution in [0.15, 0.2) is 40.8 Å². The maximum atomic E-state index is 11.7. The minimum Gasteiger partial charge on any atom is -0.330 e. The molecular weight excluding hydrogens is 281 g/mol. The summed E-state index contributed by atoms with van der Waals surface area (Å²) >= 11 is 5.50. The number of nitrogens with two attached hydrogens (primary N) is 1. The number of benzene rings is 1. The smallest absolute Gasteiger partial charge is 0.183 e. The lowest BCUT2D eigenvalue weighted by molar-refractivity contribution is 0.598. The lowest BCUT2D eigenvalue weighted by Gasteiger charge is -2.04. The number of sulfone groups is 1. The summed E-state index contributed by atoms with van der Waals surface area (Å²) in [5, 5.41) is 0.117. The third-order valence-corrected chi connectivity index (χ3v) is 4.07. The maximum absolute atomic E-state index is 11.7. The molecule has 0 aromatic heterocycles. The Morgan fingerprint density at radius 3 is 2.24 bits per heavy atom. The second-order valence-corrected chi connectivity index (χ2v) is 5.98. The Bertz CT molecular complexity index is 469. The summed E-state index contributed by atoms with van der Waals surface area (Å²) in [5.41, 5.74) is 6.42. The average Bonchev–Trinajstić information content (AvgIpc) is 2.17. The molecule has 3 nitrogen and oxygen atoms in total. The van der Waals surface area contributed by atoms with Gasteiger partial charge >= 0.3 is 0 Å². The molecule has 0 aliphatic rings. The van der Waals surface area contributed by atoms with Gasteiger partial charge in [0, 0.05) is 5.03 Å². The van der Waals surface area contributed by atoms with E-state index in [0.29, 0.717) is 6.54 Å². The van der Waals surface area contributed by atoms with Crippen molar-refractivity contribution in [3.63, 3.8) is 0 Å². The number of rotatable bonds is 5. The van der Waals surface area contributed by atoms with Crippen LogP contribution >= 0.6 is 24.0 Å². The van der Waals surface area contributed by atoms with Crippen LogP contribution in [0.1, 0.15) is 5.56 Å². The van der Waals surface area contributed by atoms with Crippen LogP contribution in [0.25, 0.3) is 0 Å². The fourth-order valence-electron chi connectivity index (χ4n) is 1.32. The third kappa shape index (κ3) is 5.08. The second-order valence-electron chi connectivity index (χ2n) is 3.46. The van der Waals surface area contributed by atoms with E-state index in [9.17, 15) is 8.42 Å². The summed E-state index contributed by atoms with van der Waals surface area (Å²) in [4.78, 5) is 0.259. The number of hydrogen-bond donors (Lipinski definition) is 1. The van der Waals surface area contributed by atoms with Gasteiger partial charge in [0.1, 0.15) is 0 Å². The van der Waals surface area contributed by atoms with Crippen molar-refractivity contribution in [2.24, 2.45) is 5.73 Å². The van der Waals surface area contributed by atoms with Gasteiger partial charge in [0.05, 0.1) is 10.6 Å². The molecule has 0 bridgehead atoms. The van der Waals surface area contributed by atoms with E-state index >= 15 is 0 Å². The third-order valence-electron chi connectivity index (χ3n) is 2.06. The minimum atomic E-state index is -3.35. The molecule has 6 heteroatoms. The zero-order valence-corrected chi connectivity index (χ0v) is 11.6. The highest BCUT2D eigenvalue weighted by Crippen LogP contribution is 2.15. The topological polar surface area (TPSA) is 60.2 Å². The molecule has 0 saturated carbocycles. The fraction of sp³-hybridized carbons (Fsp3) is 0.273. The van der Waals surface area contributed by atoms with Crippen LogP contribution in [0.4, 0.5) is 0 Å². The van der Waals surface area contributed by atoms with Gasteiger partial charge in [-0.2, -0.15) is 0 Å². The first kappa shape index (κ1) is 16.4. The normalized spacial score (nSPS) is 10.7. The van der Waals surface area contributed by atoms with Gasteiger partial charge in [-0.05, 0) is 30.7 Å². The van der Waals surface area contributed by atoms with Crippen molar-refractivity contribution < 1.29 is 8.42 Å². The van der Waals surface area contributed by atoms with E-state index in [4.69, 9.17) is 17.3 Å². The summed E-state index contributed by atoms with van der Waals surface area (Å²) in [6, 6.07) is 6.66. The SMILES string of the molecule is C=C(Cl)CS(=O)(=O)c1ccc(CCN)cc1.Cl. The Balaban J connectivity index is 0.00000256. The molecule has 1 aromatic rings. The predicted octanol–water partition coefficient (Wildman–Crippen LogP) is 2.14. The first-order valence-electron chi connectivity index (χ1n) is 4.81. The Labute approximate surface area is 113 Å². The summed E-state index contributed by atoms with van der Waals surface area (Å²) in [7, 11) is -3.35. The summed E-state index contributed by atoms with van der Waals surface area (Å²) in [5.74, 6) is -0.231. The first-order valence-corrected chi connectivity index (χ1v) is 6.84. The van der Waals surface area contributed by atoms with E-state index in [1.807, 2.05) is 0 Å². The van der Waals surface area contributed by atoms with E-state index in [-0.39, 0.29) is 28.1 Å². The second kappa shape index (κ2) is 7.01. The average molecular weight is 296 g/mol. The quantitative estimate of drug-likeness (QED) is 0.905. The molecule has 0 heterocycles. The highest BCUT2D eigenvalue weighted by molar-refractivity contribution is 7.91. The van der Waals surface area contributed by atoms with Crippen LogP contribution in [0, 0.1) is 0 Å². The van der Waals surface area contributed by atoms with Crippen LogP contribution in [-0.2, 0) is 16.3 Å². The molecule has 1 aromatic carbocycles. The first-order chi connectivity index (χ1) is 7.45. The monoisotopic (exact) mass is 295 g/mol. The molecule has 0 aliphatic heterocycles. The molecule has 0 spiro atoms. The lowest BCUT2D eigenvalue weighted by Crippen LogP contribution is -2.07. The molecule has 1 rings (SSSR count). The van der Waals surface area contributed by atoms with Crippen molar-refractivity contribution in [3.05, 3.63) is 41.4 Å². The molecule has 0 atom stereocenters. The summed E-state index contributed by atoms with van der Waals surface area (Å²) in [6.45, 7) is 3.93. The molecule has 2 N–H and O–H groups in total. The predicted molar refractivity (Wildman–Crippen MR) is 73.5 cm³/mol. The summed E-state index contributed by atoms with van der Waals surface area (Å²) in [6.07, 6.45) is 0.739. The fourth-order valence-corrected chi connectivity index (χ4v) is 2.88. The molecule has 0 amide bonds. The van der Waals surface area contributed by atoms with E-state index in [1.54, 1.807) is 24.3 Å². The summed E-state index contributed by atoms with van der Waals surface area (Å²) < 4.78 is 23.5. The molecule has 0 fully saturated rings. The van der Waals surface area contributed by atoms with E-state index in [1.165, 1.54) is 0 Å². The van der Waals surface area contributed by atoms with Crippen LogP contribution < -0.4 is 5.73 Å². The zero-order valence-electron chi connectivity index (χ0n) is 9.23.